The van der Waals surface area contributed by atoms with E-state index in [0.29, 0.717) is 32.2 Å². The van der Waals surface area contributed by atoms with E-state index in [0.717, 1.165) is 64.2 Å². The smallest absolute Gasteiger partial charge is 0.326 e. The third-order valence-electron chi connectivity index (χ3n) is 7.06. The molecule has 0 aromatic heterocycles. The molecule has 0 saturated carbocycles. The highest BCUT2D eigenvalue weighted by atomic mass is 16.5. The van der Waals surface area contributed by atoms with Gasteiger partial charge in [-0.3, -0.25) is 9.59 Å². The lowest BCUT2D eigenvalue weighted by Gasteiger charge is -2.18. The number of carboxylic acid groups (broad SMARTS) is 1. The fraction of sp³-hybridized carbons (Fsp3) is 0.844. The molecule has 0 aromatic carbocycles. The van der Waals surface area contributed by atoms with Crippen LogP contribution in [0.25, 0.3) is 0 Å². The Morgan fingerprint density at radius 2 is 1.31 bits per heavy atom. The minimum Gasteiger partial charge on any atom is -0.480 e. The SMILES string of the molecule is CCC/C=C\CCCCCCCC(=O)OC(CCCCCC)CCCCCCC(=O)NC(CCCN)C(=O)O. The van der Waals surface area contributed by atoms with Gasteiger partial charge in [0.2, 0.25) is 5.91 Å². The number of ether oxygens (including phenoxy) is 1. The lowest BCUT2D eigenvalue weighted by Crippen LogP contribution is -2.40. The molecular formula is C32H60N2O5. The molecule has 39 heavy (non-hydrogen) atoms. The number of hydrogen-bond acceptors (Lipinski definition) is 5. The van der Waals surface area contributed by atoms with Crippen LogP contribution in [0.1, 0.15) is 155 Å². The number of nitrogens with two attached hydrogens (primary N) is 1. The minimum atomic E-state index is -1.01. The summed E-state index contributed by atoms with van der Waals surface area (Å²) in [6, 6.07) is -0.859. The number of esters is 1. The van der Waals surface area contributed by atoms with Crippen LogP contribution in [0.4, 0.5) is 0 Å². The monoisotopic (exact) mass is 552 g/mol. The molecule has 0 aromatic rings. The van der Waals surface area contributed by atoms with Gasteiger partial charge in [0.25, 0.3) is 0 Å². The first-order valence-electron chi connectivity index (χ1n) is 16.0. The van der Waals surface area contributed by atoms with E-state index in [1.54, 1.807) is 0 Å². The summed E-state index contributed by atoms with van der Waals surface area (Å²) in [5.41, 5.74) is 5.44. The Kier molecular flexibility index (Phi) is 26.3. The van der Waals surface area contributed by atoms with Gasteiger partial charge in [-0.25, -0.2) is 4.79 Å². The first-order valence-corrected chi connectivity index (χ1v) is 16.0. The Bertz CT molecular complexity index is 638. The maximum atomic E-state index is 12.5. The molecule has 7 heteroatoms. The average molecular weight is 553 g/mol. The van der Waals surface area contributed by atoms with E-state index in [-0.39, 0.29) is 18.0 Å². The predicted octanol–water partition coefficient (Wildman–Crippen LogP) is 7.60. The molecule has 0 aliphatic rings. The van der Waals surface area contributed by atoms with E-state index < -0.39 is 12.0 Å². The van der Waals surface area contributed by atoms with Crippen LogP contribution in [-0.4, -0.2) is 41.6 Å². The zero-order valence-corrected chi connectivity index (χ0v) is 25.2. The summed E-state index contributed by atoms with van der Waals surface area (Å²) >= 11 is 0. The zero-order valence-electron chi connectivity index (χ0n) is 25.2. The predicted molar refractivity (Wildman–Crippen MR) is 161 cm³/mol. The van der Waals surface area contributed by atoms with Gasteiger partial charge in [0.05, 0.1) is 0 Å². The number of nitrogens with one attached hydrogen (secondary N) is 1. The summed E-state index contributed by atoms with van der Waals surface area (Å²) in [5, 5.41) is 11.8. The third-order valence-corrected chi connectivity index (χ3v) is 7.06. The molecule has 0 rings (SSSR count). The molecule has 2 atom stereocenters. The number of carbonyl (C=O) groups is 3. The number of carbonyl (C=O) groups excluding carboxylic acids is 2. The number of aliphatic carboxylic acids is 1. The fourth-order valence-corrected chi connectivity index (χ4v) is 4.63. The molecule has 2 unspecified atom stereocenters. The van der Waals surface area contributed by atoms with Crippen molar-refractivity contribution >= 4 is 17.8 Å². The van der Waals surface area contributed by atoms with E-state index in [9.17, 15) is 19.5 Å². The summed E-state index contributed by atoms with van der Waals surface area (Å²) in [6.07, 6.45) is 25.5. The second-order valence-corrected chi connectivity index (χ2v) is 10.9. The number of amides is 1. The van der Waals surface area contributed by atoms with Gasteiger partial charge in [0.15, 0.2) is 0 Å². The van der Waals surface area contributed by atoms with Gasteiger partial charge in [0.1, 0.15) is 12.1 Å². The average Bonchev–Trinajstić information content (AvgIpc) is 2.91. The van der Waals surface area contributed by atoms with Gasteiger partial charge in [-0.2, -0.15) is 0 Å². The minimum absolute atomic E-state index is 0.00793. The molecule has 0 saturated heterocycles. The van der Waals surface area contributed by atoms with Crippen molar-refractivity contribution in [2.45, 2.75) is 167 Å². The summed E-state index contributed by atoms with van der Waals surface area (Å²) in [6.45, 7) is 4.80. The van der Waals surface area contributed by atoms with Crippen LogP contribution >= 0.6 is 0 Å². The van der Waals surface area contributed by atoms with Crippen molar-refractivity contribution < 1.29 is 24.2 Å². The summed E-state index contributed by atoms with van der Waals surface area (Å²) < 4.78 is 5.88. The van der Waals surface area contributed by atoms with E-state index in [4.69, 9.17) is 10.5 Å². The molecule has 0 spiro atoms. The maximum absolute atomic E-state index is 12.5. The molecule has 0 radical (unpaired) electrons. The Hall–Kier alpha value is -1.89. The molecule has 1 amide bonds. The van der Waals surface area contributed by atoms with Gasteiger partial charge < -0.3 is 20.9 Å². The highest BCUT2D eigenvalue weighted by Crippen LogP contribution is 2.18. The largest absolute Gasteiger partial charge is 0.480 e. The van der Waals surface area contributed by atoms with Crippen LogP contribution in [0.3, 0.4) is 0 Å². The van der Waals surface area contributed by atoms with Crippen molar-refractivity contribution in [3.63, 3.8) is 0 Å². The first-order chi connectivity index (χ1) is 18.9. The Morgan fingerprint density at radius 3 is 1.95 bits per heavy atom. The van der Waals surface area contributed by atoms with Crippen LogP contribution in [0.2, 0.25) is 0 Å². The normalized spacial score (nSPS) is 12.9. The summed E-state index contributed by atoms with van der Waals surface area (Å²) in [7, 11) is 0. The topological polar surface area (TPSA) is 119 Å². The molecule has 0 aliphatic carbocycles. The van der Waals surface area contributed by atoms with Crippen molar-refractivity contribution in [2.24, 2.45) is 5.73 Å². The number of rotatable bonds is 28. The third kappa shape index (κ3) is 24.9. The highest BCUT2D eigenvalue weighted by molar-refractivity contribution is 5.83. The Morgan fingerprint density at radius 1 is 0.718 bits per heavy atom. The molecule has 0 fully saturated rings. The summed E-state index contributed by atoms with van der Waals surface area (Å²) in [4.78, 5) is 35.8. The number of carboxylic acids is 1. The Balaban J connectivity index is 4.15. The van der Waals surface area contributed by atoms with E-state index >= 15 is 0 Å². The van der Waals surface area contributed by atoms with E-state index in [1.807, 2.05) is 0 Å². The molecular weight excluding hydrogens is 492 g/mol. The Labute approximate surface area is 239 Å². The van der Waals surface area contributed by atoms with Crippen LogP contribution in [0.15, 0.2) is 12.2 Å². The molecule has 7 nitrogen and oxygen atoms in total. The number of unbranched alkanes of at least 4 members (excludes halogenated alkanes) is 12. The van der Waals surface area contributed by atoms with Crippen molar-refractivity contribution in [3.05, 3.63) is 12.2 Å². The van der Waals surface area contributed by atoms with Crippen molar-refractivity contribution in [3.8, 4) is 0 Å². The molecule has 0 heterocycles. The van der Waals surface area contributed by atoms with Crippen LogP contribution in [0.5, 0.6) is 0 Å². The second-order valence-electron chi connectivity index (χ2n) is 10.9. The molecule has 0 bridgehead atoms. The second kappa shape index (κ2) is 27.7. The quantitative estimate of drug-likeness (QED) is 0.0522. The summed E-state index contributed by atoms with van der Waals surface area (Å²) in [5.74, 6) is -1.29. The van der Waals surface area contributed by atoms with Gasteiger partial charge in [-0.05, 0) is 77.2 Å². The molecule has 228 valence electrons. The van der Waals surface area contributed by atoms with Gasteiger partial charge in [-0.15, -0.1) is 0 Å². The van der Waals surface area contributed by atoms with Crippen LogP contribution < -0.4 is 11.1 Å². The fourth-order valence-electron chi connectivity index (χ4n) is 4.63. The zero-order chi connectivity index (χ0) is 29.0. The molecule has 4 N–H and O–H groups in total. The lowest BCUT2D eigenvalue weighted by atomic mass is 10.0. The van der Waals surface area contributed by atoms with E-state index in [1.165, 1.54) is 51.4 Å². The molecule has 0 aliphatic heterocycles. The first kappa shape index (κ1) is 37.1. The van der Waals surface area contributed by atoms with Crippen molar-refractivity contribution in [1.82, 2.24) is 5.32 Å². The number of hydrogen-bond donors (Lipinski definition) is 3. The lowest BCUT2D eigenvalue weighted by molar-refractivity contribution is -0.150. The maximum Gasteiger partial charge on any atom is 0.326 e. The highest BCUT2D eigenvalue weighted by Gasteiger charge is 2.19. The van der Waals surface area contributed by atoms with E-state index in [2.05, 4.69) is 31.3 Å². The van der Waals surface area contributed by atoms with Gasteiger partial charge in [0, 0.05) is 12.8 Å². The van der Waals surface area contributed by atoms with Crippen molar-refractivity contribution in [2.75, 3.05) is 6.54 Å². The standard InChI is InChI=1S/C32H60N2O5/c1-3-5-7-9-10-11-12-13-14-20-26-31(36)39-28(22-17-8-6-4-2)23-18-15-16-19-25-30(35)34-29(32(37)38)24-21-27-33/h7,9,28-29H,3-6,8,10-27,33H2,1-2H3,(H,34,35)(H,37,38)/b9-7-. The number of allylic oxidation sites excluding steroid dienone is 2. The van der Waals surface area contributed by atoms with Crippen molar-refractivity contribution in [1.29, 1.82) is 0 Å². The van der Waals surface area contributed by atoms with Gasteiger partial charge >= 0.3 is 11.9 Å². The van der Waals surface area contributed by atoms with Crippen LogP contribution in [0, 0.1) is 0 Å². The van der Waals surface area contributed by atoms with Gasteiger partial charge in [-0.1, -0.05) is 83.8 Å². The van der Waals surface area contributed by atoms with Crippen LogP contribution in [-0.2, 0) is 19.1 Å².